The molecular weight excluding hydrogens is 396 g/mol. The molecule has 0 spiro atoms. The Morgan fingerprint density at radius 1 is 1.27 bits per heavy atom. The number of ether oxygens (including phenoxy) is 2. The SMILES string of the molecule is COc1cc([N+](=O)[O-])cc2cc(C(=O)N/N=C\c3ccc(OCC(N)=O)cc3)oc12. The summed E-state index contributed by atoms with van der Waals surface area (Å²) in [4.78, 5) is 33.4. The lowest BCUT2D eigenvalue weighted by molar-refractivity contribution is -0.384. The minimum absolute atomic E-state index is 0.0869. The van der Waals surface area contributed by atoms with Gasteiger partial charge < -0.3 is 19.6 Å². The molecule has 3 N–H and O–H groups in total. The van der Waals surface area contributed by atoms with Gasteiger partial charge in [-0.2, -0.15) is 5.10 Å². The molecule has 2 aromatic carbocycles. The highest BCUT2D eigenvalue weighted by Gasteiger charge is 2.19. The summed E-state index contributed by atoms with van der Waals surface area (Å²) in [6.45, 7) is -0.227. The van der Waals surface area contributed by atoms with Crippen molar-refractivity contribution >= 4 is 34.7 Å². The maximum atomic E-state index is 12.3. The number of nitrogens with zero attached hydrogens (tertiary/aromatic N) is 2. The Morgan fingerprint density at radius 2 is 2.00 bits per heavy atom. The molecule has 0 atom stereocenters. The van der Waals surface area contributed by atoms with Gasteiger partial charge in [-0.1, -0.05) is 0 Å². The minimum atomic E-state index is -0.645. The summed E-state index contributed by atoms with van der Waals surface area (Å²) in [6, 6.07) is 10.4. The first kappa shape index (κ1) is 20.3. The maximum Gasteiger partial charge on any atom is 0.307 e. The molecule has 0 aliphatic heterocycles. The molecule has 3 rings (SSSR count). The maximum absolute atomic E-state index is 12.3. The fourth-order valence-corrected chi connectivity index (χ4v) is 2.50. The molecule has 0 aliphatic carbocycles. The molecule has 1 heterocycles. The summed E-state index contributed by atoms with van der Waals surface area (Å²) >= 11 is 0. The number of nitro benzene ring substituents is 1. The van der Waals surface area contributed by atoms with E-state index in [1.54, 1.807) is 24.3 Å². The highest BCUT2D eigenvalue weighted by Crippen LogP contribution is 2.33. The van der Waals surface area contributed by atoms with Crippen LogP contribution in [0.25, 0.3) is 11.0 Å². The van der Waals surface area contributed by atoms with Gasteiger partial charge in [0.15, 0.2) is 23.7 Å². The van der Waals surface area contributed by atoms with E-state index in [0.717, 1.165) is 0 Å². The van der Waals surface area contributed by atoms with E-state index in [1.807, 2.05) is 0 Å². The van der Waals surface area contributed by atoms with Crippen molar-refractivity contribution in [3.63, 3.8) is 0 Å². The number of carbonyl (C=O) groups excluding carboxylic acids is 2. The Morgan fingerprint density at radius 3 is 2.63 bits per heavy atom. The molecule has 0 fully saturated rings. The van der Waals surface area contributed by atoms with E-state index in [-0.39, 0.29) is 29.4 Å². The normalized spacial score (nSPS) is 10.8. The van der Waals surface area contributed by atoms with Crippen LogP contribution in [-0.4, -0.2) is 36.7 Å². The van der Waals surface area contributed by atoms with E-state index in [1.165, 1.54) is 31.5 Å². The number of hydrogen-bond donors (Lipinski definition) is 2. The van der Waals surface area contributed by atoms with E-state index in [4.69, 9.17) is 19.6 Å². The number of benzene rings is 2. The highest BCUT2D eigenvalue weighted by molar-refractivity contribution is 5.98. The monoisotopic (exact) mass is 412 g/mol. The molecule has 0 bridgehead atoms. The third kappa shape index (κ3) is 4.70. The Kier molecular flexibility index (Phi) is 5.92. The predicted octanol–water partition coefficient (Wildman–Crippen LogP) is 1.98. The van der Waals surface area contributed by atoms with Gasteiger partial charge in [0.05, 0.1) is 24.3 Å². The number of carbonyl (C=O) groups is 2. The van der Waals surface area contributed by atoms with E-state index < -0.39 is 16.7 Å². The zero-order valence-electron chi connectivity index (χ0n) is 15.7. The molecular formula is C19H16N4O7. The van der Waals surface area contributed by atoms with Crippen molar-refractivity contribution in [2.45, 2.75) is 0 Å². The topological polar surface area (TPSA) is 159 Å². The summed E-state index contributed by atoms with van der Waals surface area (Å²) in [5, 5.41) is 15.2. The lowest BCUT2D eigenvalue weighted by Crippen LogP contribution is -2.20. The van der Waals surface area contributed by atoms with E-state index in [9.17, 15) is 19.7 Å². The molecule has 2 amide bonds. The van der Waals surface area contributed by atoms with Gasteiger partial charge in [-0.25, -0.2) is 5.43 Å². The number of hydrazone groups is 1. The number of methoxy groups -OCH3 is 1. The number of nitro groups is 1. The van der Waals surface area contributed by atoms with Crippen LogP contribution < -0.4 is 20.6 Å². The third-order valence-corrected chi connectivity index (χ3v) is 3.86. The van der Waals surface area contributed by atoms with Crippen LogP contribution in [0.4, 0.5) is 5.69 Å². The van der Waals surface area contributed by atoms with Gasteiger partial charge in [-0.05, 0) is 35.9 Å². The first-order valence-corrected chi connectivity index (χ1v) is 8.48. The number of hydrogen-bond acceptors (Lipinski definition) is 8. The first-order valence-electron chi connectivity index (χ1n) is 8.48. The van der Waals surface area contributed by atoms with Crippen molar-refractivity contribution in [2.24, 2.45) is 10.8 Å². The van der Waals surface area contributed by atoms with Gasteiger partial charge >= 0.3 is 5.91 Å². The lowest BCUT2D eigenvalue weighted by Gasteiger charge is -2.03. The van der Waals surface area contributed by atoms with Crippen LogP contribution in [-0.2, 0) is 4.79 Å². The van der Waals surface area contributed by atoms with Crippen LogP contribution >= 0.6 is 0 Å². The van der Waals surface area contributed by atoms with E-state index in [0.29, 0.717) is 16.7 Å². The number of rotatable bonds is 8. The second-order valence-electron chi connectivity index (χ2n) is 5.96. The summed E-state index contributed by atoms with van der Waals surface area (Å²) in [5.74, 6) is -0.716. The predicted molar refractivity (Wildman–Crippen MR) is 106 cm³/mol. The van der Waals surface area contributed by atoms with Crippen molar-refractivity contribution in [3.05, 3.63) is 63.9 Å². The molecule has 0 unspecified atom stereocenters. The Hall–Kier alpha value is -4.41. The van der Waals surface area contributed by atoms with Gasteiger partial charge in [0, 0.05) is 11.5 Å². The van der Waals surface area contributed by atoms with Crippen LogP contribution in [0.2, 0.25) is 0 Å². The lowest BCUT2D eigenvalue weighted by atomic mass is 10.2. The Balaban J connectivity index is 1.69. The van der Waals surface area contributed by atoms with Gasteiger partial charge in [0.1, 0.15) is 5.75 Å². The van der Waals surface area contributed by atoms with Gasteiger partial charge in [0.25, 0.3) is 11.6 Å². The third-order valence-electron chi connectivity index (χ3n) is 3.86. The molecule has 3 aromatic rings. The molecule has 1 aromatic heterocycles. The molecule has 0 saturated carbocycles. The fraction of sp³-hybridized carbons (Fsp3) is 0.105. The number of furan rings is 1. The summed E-state index contributed by atoms with van der Waals surface area (Å²) in [7, 11) is 1.34. The Bertz CT molecular complexity index is 1140. The largest absolute Gasteiger partial charge is 0.493 e. The van der Waals surface area contributed by atoms with Crippen molar-refractivity contribution in [2.75, 3.05) is 13.7 Å². The average molecular weight is 412 g/mol. The van der Waals surface area contributed by atoms with Crippen LogP contribution in [0.5, 0.6) is 11.5 Å². The second-order valence-corrected chi connectivity index (χ2v) is 5.96. The molecule has 0 saturated heterocycles. The molecule has 11 heteroatoms. The van der Waals surface area contributed by atoms with E-state index >= 15 is 0 Å². The second kappa shape index (κ2) is 8.73. The molecule has 0 radical (unpaired) electrons. The van der Waals surface area contributed by atoms with Crippen molar-refractivity contribution in [1.29, 1.82) is 0 Å². The van der Waals surface area contributed by atoms with Crippen LogP contribution in [0, 0.1) is 10.1 Å². The van der Waals surface area contributed by atoms with Crippen molar-refractivity contribution in [1.82, 2.24) is 5.43 Å². The molecule has 30 heavy (non-hydrogen) atoms. The first-order chi connectivity index (χ1) is 14.4. The van der Waals surface area contributed by atoms with Crippen molar-refractivity contribution in [3.8, 4) is 11.5 Å². The number of non-ortho nitro benzene ring substituents is 1. The fourth-order valence-electron chi connectivity index (χ4n) is 2.50. The van der Waals surface area contributed by atoms with E-state index in [2.05, 4.69) is 10.5 Å². The molecule has 154 valence electrons. The van der Waals surface area contributed by atoms with Gasteiger partial charge in [-0.3, -0.25) is 19.7 Å². The quantitative estimate of drug-likeness (QED) is 0.325. The smallest absolute Gasteiger partial charge is 0.307 e. The number of nitrogens with one attached hydrogen (secondary N) is 1. The van der Waals surface area contributed by atoms with Crippen LogP contribution in [0.15, 0.2) is 52.0 Å². The highest BCUT2D eigenvalue weighted by atomic mass is 16.6. The number of primary amides is 1. The van der Waals surface area contributed by atoms with Crippen LogP contribution in [0.3, 0.4) is 0 Å². The van der Waals surface area contributed by atoms with Crippen LogP contribution in [0.1, 0.15) is 16.1 Å². The van der Waals surface area contributed by atoms with Crippen molar-refractivity contribution < 1.29 is 28.4 Å². The summed E-state index contributed by atoms with van der Waals surface area (Å²) < 4.78 is 15.7. The number of amides is 2. The molecule has 0 aliphatic rings. The average Bonchev–Trinajstić information content (AvgIpc) is 3.16. The summed E-state index contributed by atoms with van der Waals surface area (Å²) in [6.07, 6.45) is 1.39. The standard InChI is InChI=1S/C19H16N4O7/c1-28-15-8-13(23(26)27)6-12-7-16(30-18(12)15)19(25)22-21-9-11-2-4-14(5-3-11)29-10-17(20)24/h2-9H,10H2,1H3,(H2,20,24)(H,22,25)/b21-9-. The van der Waals surface area contributed by atoms with Gasteiger partial charge in [-0.15, -0.1) is 0 Å². The summed E-state index contributed by atoms with van der Waals surface area (Å²) in [5.41, 5.74) is 7.99. The molecule has 11 nitrogen and oxygen atoms in total. The minimum Gasteiger partial charge on any atom is -0.493 e. The van der Waals surface area contributed by atoms with Gasteiger partial charge in [0.2, 0.25) is 0 Å². The number of fused-ring (bicyclic) bond motifs is 1. The zero-order chi connectivity index (χ0) is 21.7. The Labute approximate surface area is 169 Å². The number of nitrogens with two attached hydrogens (primary N) is 1. The zero-order valence-corrected chi connectivity index (χ0v) is 15.7.